The fourth-order valence-electron chi connectivity index (χ4n) is 2.26. The maximum atomic E-state index is 12.2. The molecular weight excluding hydrogens is 274 g/mol. The van der Waals surface area contributed by atoms with Crippen LogP contribution in [0.15, 0.2) is 24.3 Å². The maximum Gasteiger partial charge on any atom is 0.335 e. The van der Waals surface area contributed by atoms with Gasteiger partial charge in [0.15, 0.2) is 0 Å². The van der Waals surface area contributed by atoms with E-state index >= 15 is 0 Å². The van der Waals surface area contributed by atoms with E-state index in [0.717, 1.165) is 0 Å². The van der Waals surface area contributed by atoms with Crippen LogP contribution in [0, 0.1) is 0 Å². The number of aromatic carboxylic acids is 1. The number of benzene rings is 1. The van der Waals surface area contributed by atoms with Gasteiger partial charge in [-0.15, -0.1) is 0 Å². The molecule has 1 fully saturated rings. The van der Waals surface area contributed by atoms with Crippen molar-refractivity contribution in [2.75, 3.05) is 18.4 Å². The smallest absolute Gasteiger partial charge is 0.335 e. The molecule has 0 aromatic heterocycles. The van der Waals surface area contributed by atoms with Gasteiger partial charge in [0.2, 0.25) is 5.91 Å². The highest BCUT2D eigenvalue weighted by Gasteiger charge is 2.31. The molecule has 112 valence electrons. The van der Waals surface area contributed by atoms with E-state index in [9.17, 15) is 14.4 Å². The van der Waals surface area contributed by atoms with Crippen LogP contribution in [0.5, 0.6) is 0 Å². The second kappa shape index (κ2) is 6.25. The number of nitrogens with one attached hydrogen (secondary N) is 2. The fourth-order valence-corrected chi connectivity index (χ4v) is 2.26. The number of carbonyl (C=O) groups excluding carboxylic acids is 2. The summed E-state index contributed by atoms with van der Waals surface area (Å²) in [5, 5.41) is 14.2. The minimum absolute atomic E-state index is 0.150. The first-order valence-electron chi connectivity index (χ1n) is 6.71. The average molecular weight is 291 g/mol. The van der Waals surface area contributed by atoms with Gasteiger partial charge in [-0.3, -0.25) is 4.79 Å². The van der Waals surface area contributed by atoms with E-state index in [4.69, 9.17) is 5.11 Å². The van der Waals surface area contributed by atoms with Gasteiger partial charge in [-0.1, -0.05) is 6.92 Å². The molecule has 1 unspecified atom stereocenters. The minimum Gasteiger partial charge on any atom is -0.478 e. The molecule has 1 aliphatic heterocycles. The van der Waals surface area contributed by atoms with E-state index in [-0.39, 0.29) is 17.5 Å². The standard InChI is InChI=1S/C14H17N3O4/c1-2-11-12(18)15-7-8-17(11)14(21)16-10-5-3-9(4-6-10)13(19)20/h3-6,11H,2,7-8H2,1H3,(H,15,18)(H,16,21)(H,19,20). The van der Waals surface area contributed by atoms with Crippen molar-refractivity contribution in [3.8, 4) is 0 Å². The number of carbonyl (C=O) groups is 3. The van der Waals surface area contributed by atoms with E-state index in [1.165, 1.54) is 29.2 Å². The Morgan fingerprint density at radius 1 is 1.38 bits per heavy atom. The van der Waals surface area contributed by atoms with Gasteiger partial charge in [0.05, 0.1) is 5.56 Å². The van der Waals surface area contributed by atoms with Crippen LogP contribution in [0.2, 0.25) is 0 Å². The number of amides is 3. The Hall–Kier alpha value is -2.57. The van der Waals surface area contributed by atoms with Crippen LogP contribution >= 0.6 is 0 Å². The summed E-state index contributed by atoms with van der Waals surface area (Å²) in [6.07, 6.45) is 0.539. The summed E-state index contributed by atoms with van der Waals surface area (Å²) < 4.78 is 0. The number of hydrogen-bond acceptors (Lipinski definition) is 3. The van der Waals surface area contributed by atoms with Crippen LogP contribution in [0.3, 0.4) is 0 Å². The highest BCUT2D eigenvalue weighted by Crippen LogP contribution is 2.14. The maximum absolute atomic E-state index is 12.2. The van der Waals surface area contributed by atoms with Crippen LogP contribution in [-0.4, -0.2) is 47.0 Å². The predicted octanol–water partition coefficient (Wildman–Crippen LogP) is 1.13. The largest absolute Gasteiger partial charge is 0.478 e. The summed E-state index contributed by atoms with van der Waals surface area (Å²) in [6.45, 7) is 2.72. The Bertz CT molecular complexity index is 556. The third-order valence-corrected chi connectivity index (χ3v) is 3.36. The van der Waals surface area contributed by atoms with Crippen LogP contribution in [0.1, 0.15) is 23.7 Å². The van der Waals surface area contributed by atoms with Crippen LogP contribution in [0.4, 0.5) is 10.5 Å². The van der Waals surface area contributed by atoms with Crippen molar-refractivity contribution < 1.29 is 19.5 Å². The predicted molar refractivity (Wildman–Crippen MR) is 76.2 cm³/mol. The average Bonchev–Trinajstić information content (AvgIpc) is 2.47. The van der Waals surface area contributed by atoms with Gasteiger partial charge in [0, 0.05) is 18.8 Å². The summed E-state index contributed by atoms with van der Waals surface area (Å²) in [7, 11) is 0. The molecule has 1 atom stereocenters. The lowest BCUT2D eigenvalue weighted by Gasteiger charge is -2.34. The van der Waals surface area contributed by atoms with Crippen LogP contribution < -0.4 is 10.6 Å². The van der Waals surface area contributed by atoms with Crippen molar-refractivity contribution in [3.05, 3.63) is 29.8 Å². The molecule has 3 N–H and O–H groups in total. The topological polar surface area (TPSA) is 98.7 Å². The number of rotatable bonds is 3. The number of hydrogen-bond donors (Lipinski definition) is 3. The normalized spacial score (nSPS) is 18.0. The van der Waals surface area contributed by atoms with Crippen molar-refractivity contribution in [1.29, 1.82) is 0 Å². The summed E-state index contributed by atoms with van der Waals surface area (Å²) in [5.74, 6) is -1.17. The number of nitrogens with zero attached hydrogens (tertiary/aromatic N) is 1. The van der Waals surface area contributed by atoms with E-state index < -0.39 is 12.0 Å². The monoisotopic (exact) mass is 291 g/mol. The van der Waals surface area contributed by atoms with Crippen molar-refractivity contribution in [2.45, 2.75) is 19.4 Å². The molecule has 1 aromatic carbocycles. The number of carboxylic acids is 1. The van der Waals surface area contributed by atoms with Crippen molar-refractivity contribution >= 4 is 23.6 Å². The second-order valence-electron chi connectivity index (χ2n) is 4.72. The molecule has 0 spiro atoms. The molecule has 0 saturated carbocycles. The lowest BCUT2D eigenvalue weighted by molar-refractivity contribution is -0.127. The molecule has 21 heavy (non-hydrogen) atoms. The van der Waals surface area contributed by atoms with Crippen molar-refractivity contribution in [3.63, 3.8) is 0 Å². The first-order valence-corrected chi connectivity index (χ1v) is 6.71. The van der Waals surface area contributed by atoms with Crippen molar-refractivity contribution in [1.82, 2.24) is 10.2 Å². The molecule has 7 heteroatoms. The number of urea groups is 1. The third-order valence-electron chi connectivity index (χ3n) is 3.36. The van der Waals surface area contributed by atoms with E-state index in [1.807, 2.05) is 6.92 Å². The zero-order chi connectivity index (χ0) is 15.4. The molecule has 1 saturated heterocycles. The Labute approximate surface area is 121 Å². The van der Waals surface area contributed by atoms with Gasteiger partial charge in [0.1, 0.15) is 6.04 Å². The lowest BCUT2D eigenvalue weighted by atomic mass is 10.1. The second-order valence-corrected chi connectivity index (χ2v) is 4.72. The van der Waals surface area contributed by atoms with E-state index in [1.54, 1.807) is 0 Å². The SMILES string of the molecule is CCC1C(=O)NCCN1C(=O)Nc1ccc(C(=O)O)cc1. The first-order chi connectivity index (χ1) is 10.0. The summed E-state index contributed by atoms with van der Waals surface area (Å²) >= 11 is 0. The number of carboxylic acid groups (broad SMARTS) is 1. The van der Waals surface area contributed by atoms with Gasteiger partial charge in [-0.2, -0.15) is 0 Å². The highest BCUT2D eigenvalue weighted by atomic mass is 16.4. The van der Waals surface area contributed by atoms with E-state index in [0.29, 0.717) is 25.2 Å². The summed E-state index contributed by atoms with van der Waals surface area (Å²) in [5.41, 5.74) is 0.641. The van der Waals surface area contributed by atoms with E-state index in [2.05, 4.69) is 10.6 Å². The number of piperazine rings is 1. The van der Waals surface area contributed by atoms with Crippen LogP contribution in [0.25, 0.3) is 0 Å². The molecule has 1 heterocycles. The molecular formula is C14H17N3O4. The van der Waals surface area contributed by atoms with Gasteiger partial charge < -0.3 is 20.6 Å². The molecule has 0 bridgehead atoms. The quantitative estimate of drug-likeness (QED) is 0.777. The zero-order valence-electron chi connectivity index (χ0n) is 11.6. The van der Waals surface area contributed by atoms with Gasteiger partial charge in [0.25, 0.3) is 0 Å². The third kappa shape index (κ3) is 3.31. The molecule has 3 amide bonds. The Morgan fingerprint density at radius 3 is 2.62 bits per heavy atom. The van der Waals surface area contributed by atoms with Crippen molar-refractivity contribution in [2.24, 2.45) is 0 Å². The number of anilines is 1. The zero-order valence-corrected chi connectivity index (χ0v) is 11.6. The summed E-state index contributed by atoms with van der Waals surface area (Å²) in [4.78, 5) is 36.2. The lowest BCUT2D eigenvalue weighted by Crippen LogP contribution is -2.57. The Morgan fingerprint density at radius 2 is 2.05 bits per heavy atom. The minimum atomic E-state index is -1.02. The summed E-state index contributed by atoms with van der Waals surface area (Å²) in [6, 6.07) is 5.03. The fraction of sp³-hybridized carbons (Fsp3) is 0.357. The van der Waals surface area contributed by atoms with Crippen LogP contribution in [-0.2, 0) is 4.79 Å². The molecule has 0 aliphatic carbocycles. The van der Waals surface area contributed by atoms with Gasteiger partial charge in [-0.05, 0) is 30.7 Å². The molecule has 2 rings (SSSR count). The molecule has 1 aromatic rings. The highest BCUT2D eigenvalue weighted by molar-refractivity contribution is 5.95. The van der Waals surface area contributed by atoms with Gasteiger partial charge in [-0.25, -0.2) is 9.59 Å². The molecule has 7 nitrogen and oxygen atoms in total. The Kier molecular flexibility index (Phi) is 4.42. The first kappa shape index (κ1) is 14.8. The van der Waals surface area contributed by atoms with Gasteiger partial charge >= 0.3 is 12.0 Å². The molecule has 1 aliphatic rings. The molecule has 0 radical (unpaired) electrons. The Balaban J connectivity index is 2.06.